The van der Waals surface area contributed by atoms with Crippen LogP contribution in [0, 0.1) is 0 Å². The number of carbonyl (C=O) groups is 1. The van der Waals surface area contributed by atoms with E-state index in [2.05, 4.69) is 4.98 Å². The smallest absolute Gasteiger partial charge is 0.254 e. The van der Waals surface area contributed by atoms with Crippen LogP contribution in [-0.2, 0) is 6.42 Å². The zero-order valence-corrected chi connectivity index (χ0v) is 12.8. The molecule has 0 saturated heterocycles. The Morgan fingerprint density at radius 1 is 1.56 bits per heavy atom. The first-order chi connectivity index (χ1) is 8.49. The highest BCUT2D eigenvalue weighted by Gasteiger charge is 2.18. The van der Waals surface area contributed by atoms with Crippen molar-refractivity contribution in [3.63, 3.8) is 0 Å². The molecule has 0 spiro atoms. The first kappa shape index (κ1) is 15.3. The summed E-state index contributed by atoms with van der Waals surface area (Å²) in [4.78, 5) is 18.2. The van der Waals surface area contributed by atoms with Gasteiger partial charge in [-0.05, 0) is 31.7 Å². The van der Waals surface area contributed by atoms with Crippen molar-refractivity contribution in [3.8, 4) is 0 Å². The third kappa shape index (κ3) is 3.89. The van der Waals surface area contributed by atoms with Crippen molar-refractivity contribution in [1.82, 2.24) is 9.88 Å². The molecule has 0 radical (unpaired) electrons. The molecule has 0 saturated carbocycles. The Labute approximate surface area is 118 Å². The summed E-state index contributed by atoms with van der Waals surface area (Å²) in [6.45, 7) is 4.03. The summed E-state index contributed by atoms with van der Waals surface area (Å²) in [5.41, 5.74) is 1.46. The Hall–Kier alpha value is -0.740. The second kappa shape index (κ2) is 7.00. The van der Waals surface area contributed by atoms with Gasteiger partial charge >= 0.3 is 0 Å². The molecule has 1 heterocycles. The molecule has 3 nitrogen and oxygen atoms in total. The third-order valence-corrected chi connectivity index (χ3v) is 3.86. The number of aromatic nitrogens is 1. The summed E-state index contributed by atoms with van der Waals surface area (Å²) >= 11 is 7.66. The molecule has 1 aromatic heterocycles. The van der Waals surface area contributed by atoms with E-state index in [0.717, 1.165) is 17.9 Å². The van der Waals surface area contributed by atoms with Gasteiger partial charge in [0.1, 0.15) is 5.15 Å². The highest BCUT2D eigenvalue weighted by molar-refractivity contribution is 7.98. The number of hydrogen-bond acceptors (Lipinski definition) is 3. The van der Waals surface area contributed by atoms with Crippen LogP contribution in [0.3, 0.4) is 0 Å². The monoisotopic (exact) mass is 286 g/mol. The minimum atomic E-state index is -0.00412. The molecule has 100 valence electrons. The minimum absolute atomic E-state index is 0.00412. The molecule has 0 aliphatic heterocycles. The van der Waals surface area contributed by atoms with Gasteiger partial charge in [0.25, 0.3) is 5.91 Å². The van der Waals surface area contributed by atoms with E-state index >= 15 is 0 Å². The molecule has 0 aromatic carbocycles. The van der Waals surface area contributed by atoms with Crippen molar-refractivity contribution in [2.24, 2.45) is 0 Å². The molecular formula is C13H19ClN2OS. The van der Waals surface area contributed by atoms with Crippen molar-refractivity contribution >= 4 is 29.3 Å². The molecule has 1 atom stereocenters. The van der Waals surface area contributed by atoms with Crippen LogP contribution in [-0.4, -0.2) is 40.9 Å². The van der Waals surface area contributed by atoms with Gasteiger partial charge in [-0.15, -0.1) is 0 Å². The topological polar surface area (TPSA) is 33.2 Å². The Bertz CT molecular complexity index is 425. The van der Waals surface area contributed by atoms with Crippen LogP contribution in [0.1, 0.15) is 29.9 Å². The van der Waals surface area contributed by atoms with Crippen LogP contribution in [0.2, 0.25) is 5.15 Å². The van der Waals surface area contributed by atoms with Crippen LogP contribution in [0.5, 0.6) is 0 Å². The van der Waals surface area contributed by atoms with Crippen LogP contribution in [0.25, 0.3) is 0 Å². The number of amides is 1. The average Bonchev–Trinajstić information content (AvgIpc) is 2.36. The fourth-order valence-corrected chi connectivity index (χ4v) is 2.54. The van der Waals surface area contributed by atoms with Gasteiger partial charge in [0.15, 0.2) is 0 Å². The number of thioether (sulfide) groups is 1. The molecule has 0 fully saturated rings. The van der Waals surface area contributed by atoms with Gasteiger partial charge in [0, 0.05) is 30.1 Å². The van der Waals surface area contributed by atoms with Gasteiger partial charge in [0.05, 0.1) is 0 Å². The van der Waals surface area contributed by atoms with Crippen LogP contribution < -0.4 is 0 Å². The molecule has 1 unspecified atom stereocenters. The second-order valence-corrected chi connectivity index (χ2v) is 5.54. The van der Waals surface area contributed by atoms with Crippen molar-refractivity contribution in [2.45, 2.75) is 26.3 Å². The number of nitrogens with zero attached hydrogens (tertiary/aromatic N) is 2. The van der Waals surface area contributed by atoms with Crippen molar-refractivity contribution < 1.29 is 4.79 Å². The lowest BCUT2D eigenvalue weighted by Crippen LogP contribution is -2.36. The Morgan fingerprint density at radius 3 is 2.78 bits per heavy atom. The first-order valence-corrected chi connectivity index (χ1v) is 7.69. The number of halogens is 1. The third-order valence-electron chi connectivity index (χ3n) is 2.85. The molecule has 18 heavy (non-hydrogen) atoms. The number of carbonyl (C=O) groups excluding carboxylic acids is 1. The highest BCUT2D eigenvalue weighted by Crippen LogP contribution is 2.15. The fourth-order valence-electron chi connectivity index (χ4n) is 1.61. The minimum Gasteiger partial charge on any atom is -0.338 e. The quantitative estimate of drug-likeness (QED) is 0.780. The average molecular weight is 287 g/mol. The molecule has 1 amide bonds. The van der Waals surface area contributed by atoms with Crippen molar-refractivity contribution in [1.29, 1.82) is 0 Å². The van der Waals surface area contributed by atoms with E-state index in [1.54, 1.807) is 22.7 Å². The van der Waals surface area contributed by atoms with Gasteiger partial charge < -0.3 is 4.90 Å². The maximum Gasteiger partial charge on any atom is 0.254 e. The van der Waals surface area contributed by atoms with Gasteiger partial charge in [0.2, 0.25) is 0 Å². The lowest BCUT2D eigenvalue weighted by molar-refractivity contribution is 0.0757. The summed E-state index contributed by atoms with van der Waals surface area (Å²) in [6.07, 6.45) is 2.80. The van der Waals surface area contributed by atoms with Gasteiger partial charge in [-0.25, -0.2) is 4.98 Å². The fraction of sp³-hybridized carbons (Fsp3) is 0.538. The predicted molar refractivity (Wildman–Crippen MR) is 78.6 cm³/mol. The van der Waals surface area contributed by atoms with E-state index in [9.17, 15) is 4.79 Å². The molecular weight excluding hydrogens is 268 g/mol. The zero-order valence-electron chi connectivity index (χ0n) is 11.2. The van der Waals surface area contributed by atoms with E-state index < -0.39 is 0 Å². The molecule has 5 heteroatoms. The van der Waals surface area contributed by atoms with Crippen molar-refractivity contribution in [3.05, 3.63) is 28.5 Å². The molecule has 0 aliphatic rings. The van der Waals surface area contributed by atoms with Crippen molar-refractivity contribution in [2.75, 3.05) is 19.1 Å². The normalized spacial score (nSPS) is 12.3. The summed E-state index contributed by atoms with van der Waals surface area (Å²) < 4.78 is 0. The highest BCUT2D eigenvalue weighted by atomic mass is 35.5. The summed E-state index contributed by atoms with van der Waals surface area (Å²) in [7, 11) is 1.82. The van der Waals surface area contributed by atoms with E-state index in [4.69, 9.17) is 11.6 Å². The Balaban J connectivity index is 2.92. The number of rotatable bonds is 5. The standard InChI is InChI=1S/C13H19ClN2OS/c1-5-11-6-10(7-12(14)15-11)13(17)16(3)9(2)8-18-4/h6-7,9H,5,8H2,1-4H3. The molecule has 1 rings (SSSR count). The maximum absolute atomic E-state index is 12.3. The molecule has 1 aromatic rings. The largest absolute Gasteiger partial charge is 0.338 e. The van der Waals surface area contributed by atoms with E-state index in [1.165, 1.54) is 0 Å². The van der Waals surface area contributed by atoms with Crippen LogP contribution >= 0.6 is 23.4 Å². The number of hydrogen-bond donors (Lipinski definition) is 0. The summed E-state index contributed by atoms with van der Waals surface area (Å²) in [5.74, 6) is 0.914. The van der Waals surface area contributed by atoms with Gasteiger partial charge in [-0.3, -0.25) is 4.79 Å². The van der Waals surface area contributed by atoms with Gasteiger partial charge in [-0.1, -0.05) is 18.5 Å². The predicted octanol–water partition coefficient (Wildman–Crippen LogP) is 3.12. The lowest BCUT2D eigenvalue weighted by Gasteiger charge is -2.24. The summed E-state index contributed by atoms with van der Waals surface area (Å²) in [6, 6.07) is 3.64. The SMILES string of the molecule is CCc1cc(C(=O)N(C)C(C)CSC)cc(Cl)n1. The second-order valence-electron chi connectivity index (χ2n) is 4.24. The molecule has 0 aliphatic carbocycles. The van der Waals surface area contributed by atoms with E-state index in [1.807, 2.05) is 33.2 Å². The molecule has 0 N–H and O–H groups in total. The van der Waals surface area contributed by atoms with E-state index in [0.29, 0.717) is 10.7 Å². The Morgan fingerprint density at radius 2 is 2.22 bits per heavy atom. The lowest BCUT2D eigenvalue weighted by atomic mass is 10.1. The van der Waals surface area contributed by atoms with Crippen LogP contribution in [0.15, 0.2) is 12.1 Å². The first-order valence-electron chi connectivity index (χ1n) is 5.92. The molecule has 0 bridgehead atoms. The zero-order chi connectivity index (χ0) is 13.7. The summed E-state index contributed by atoms with van der Waals surface area (Å²) in [5, 5.41) is 0.378. The van der Waals surface area contributed by atoms with Gasteiger partial charge in [-0.2, -0.15) is 11.8 Å². The number of pyridine rings is 1. The Kier molecular flexibility index (Phi) is 5.96. The van der Waals surface area contributed by atoms with E-state index in [-0.39, 0.29) is 11.9 Å². The maximum atomic E-state index is 12.3. The van der Waals surface area contributed by atoms with Crippen LogP contribution in [0.4, 0.5) is 0 Å². The number of aryl methyl sites for hydroxylation is 1.